The quantitative estimate of drug-likeness (QED) is 0.734. The van der Waals surface area contributed by atoms with Crippen LogP contribution < -0.4 is 4.90 Å². The Morgan fingerprint density at radius 1 is 0.964 bits per heavy atom. The Morgan fingerprint density at radius 2 is 1.64 bits per heavy atom. The molecule has 6 heteroatoms. The summed E-state index contributed by atoms with van der Waals surface area (Å²) in [6.07, 6.45) is 3.78. The molecule has 0 bridgehead atoms. The lowest BCUT2D eigenvalue weighted by molar-refractivity contribution is -0.129. The Kier molecular flexibility index (Phi) is 3.71. The van der Waals surface area contributed by atoms with Gasteiger partial charge < -0.3 is 4.90 Å². The van der Waals surface area contributed by atoms with Crippen molar-refractivity contribution in [2.75, 3.05) is 4.90 Å². The molecule has 2 saturated heterocycles. The number of imide groups is 1. The fraction of sp³-hybridized carbons (Fsp3) is 0.227. The lowest BCUT2D eigenvalue weighted by atomic mass is 9.84. The third-order valence-corrected chi connectivity index (χ3v) is 6.29. The maximum atomic E-state index is 13.5. The molecule has 2 amide bonds. The molecule has 0 saturated carbocycles. The third-order valence-electron chi connectivity index (χ3n) is 5.97. The predicted molar refractivity (Wildman–Crippen MR) is 105 cm³/mol. The number of nitrogens with zero attached hydrogens (tertiary/aromatic N) is 2. The van der Waals surface area contributed by atoms with Crippen molar-refractivity contribution in [1.82, 2.24) is 4.90 Å². The van der Waals surface area contributed by atoms with Crippen LogP contribution in [0, 0.1) is 11.8 Å². The van der Waals surface area contributed by atoms with Crippen LogP contribution in [0.15, 0.2) is 54.7 Å². The largest absolute Gasteiger partial charge is 0.359 e. The van der Waals surface area contributed by atoms with E-state index in [1.54, 1.807) is 24.3 Å². The van der Waals surface area contributed by atoms with Gasteiger partial charge in [0.25, 0.3) is 0 Å². The Bertz CT molecular complexity index is 1060. The Hall–Kier alpha value is -2.92. The zero-order valence-electron chi connectivity index (χ0n) is 15.1. The molecule has 4 atom stereocenters. The average molecular weight is 393 g/mol. The van der Waals surface area contributed by atoms with E-state index in [9.17, 15) is 14.4 Å². The van der Waals surface area contributed by atoms with Crippen LogP contribution in [0.5, 0.6) is 0 Å². The van der Waals surface area contributed by atoms with Crippen LogP contribution in [0.2, 0.25) is 5.02 Å². The van der Waals surface area contributed by atoms with E-state index in [-0.39, 0.29) is 23.6 Å². The van der Waals surface area contributed by atoms with Crippen molar-refractivity contribution in [1.29, 1.82) is 0 Å². The third kappa shape index (κ3) is 2.17. The van der Waals surface area contributed by atoms with Gasteiger partial charge in [-0.1, -0.05) is 48.0 Å². The summed E-state index contributed by atoms with van der Waals surface area (Å²) >= 11 is 6.27. The number of para-hydroxylation sites is 1. The number of carbonyl (C=O) groups is 3. The minimum Gasteiger partial charge on any atom is -0.359 e. The molecule has 0 aromatic heterocycles. The van der Waals surface area contributed by atoms with Crippen LogP contribution in [-0.2, 0) is 14.4 Å². The number of benzene rings is 2. The topological polar surface area (TPSA) is 57.7 Å². The summed E-state index contributed by atoms with van der Waals surface area (Å²) in [5, 5.41) is 0.337. The molecule has 2 fully saturated rings. The van der Waals surface area contributed by atoms with Crippen molar-refractivity contribution in [2.45, 2.75) is 19.0 Å². The highest BCUT2D eigenvalue weighted by atomic mass is 35.5. The van der Waals surface area contributed by atoms with Gasteiger partial charge in [-0.15, -0.1) is 0 Å². The second-order valence-corrected chi connectivity index (χ2v) is 7.81. The van der Waals surface area contributed by atoms with E-state index in [1.807, 2.05) is 41.4 Å². The fourth-order valence-corrected chi connectivity index (χ4v) is 5.11. The van der Waals surface area contributed by atoms with E-state index in [2.05, 4.69) is 0 Å². The highest BCUT2D eigenvalue weighted by Crippen LogP contribution is 2.53. The first-order valence-electron chi connectivity index (χ1n) is 9.18. The van der Waals surface area contributed by atoms with Crippen molar-refractivity contribution >= 4 is 41.0 Å². The highest BCUT2D eigenvalue weighted by molar-refractivity contribution is 6.36. The molecule has 3 heterocycles. The van der Waals surface area contributed by atoms with E-state index in [0.29, 0.717) is 10.7 Å². The molecule has 2 aromatic rings. The average Bonchev–Trinajstić information content (AvgIpc) is 3.16. The van der Waals surface area contributed by atoms with E-state index < -0.39 is 17.9 Å². The molecular formula is C22H17ClN2O3. The van der Waals surface area contributed by atoms with Crippen LogP contribution in [0.25, 0.3) is 6.08 Å². The summed E-state index contributed by atoms with van der Waals surface area (Å²) in [5.74, 6) is -2.12. The number of ketones is 1. The number of hydrogen-bond acceptors (Lipinski definition) is 4. The molecule has 0 radical (unpaired) electrons. The van der Waals surface area contributed by atoms with E-state index in [1.165, 1.54) is 11.8 Å². The van der Waals surface area contributed by atoms with E-state index in [0.717, 1.165) is 11.1 Å². The zero-order valence-corrected chi connectivity index (χ0v) is 15.8. The SMILES string of the molecule is CC(=O)[C@H]1[C@@H]2C(=O)N(c3ccccc3Cl)C(=O)[C@@H]2[C@H]2c3ccccc3C=CN21. The van der Waals surface area contributed by atoms with Crippen LogP contribution in [0.3, 0.4) is 0 Å². The van der Waals surface area contributed by atoms with Crippen molar-refractivity contribution in [3.8, 4) is 0 Å². The summed E-state index contributed by atoms with van der Waals surface area (Å²) < 4.78 is 0. The molecule has 3 aliphatic heterocycles. The molecular weight excluding hydrogens is 376 g/mol. The van der Waals surface area contributed by atoms with Crippen molar-refractivity contribution < 1.29 is 14.4 Å². The normalized spacial score (nSPS) is 27.6. The van der Waals surface area contributed by atoms with Crippen LogP contribution in [0.4, 0.5) is 5.69 Å². The first-order valence-corrected chi connectivity index (χ1v) is 9.56. The molecule has 0 N–H and O–H groups in total. The Balaban J connectivity index is 1.67. The van der Waals surface area contributed by atoms with Gasteiger partial charge in [0.05, 0.1) is 34.6 Å². The monoisotopic (exact) mass is 392 g/mol. The Labute approximate surface area is 167 Å². The van der Waals surface area contributed by atoms with Gasteiger partial charge in [-0.25, -0.2) is 4.90 Å². The second kappa shape index (κ2) is 6.04. The van der Waals surface area contributed by atoms with Crippen LogP contribution in [0.1, 0.15) is 24.1 Å². The molecule has 3 aliphatic rings. The summed E-state index contributed by atoms with van der Waals surface area (Å²) in [5.41, 5.74) is 2.34. The second-order valence-electron chi connectivity index (χ2n) is 7.41. The van der Waals surface area contributed by atoms with Gasteiger partial charge in [0, 0.05) is 6.20 Å². The molecule has 0 aliphatic carbocycles. The fourth-order valence-electron chi connectivity index (χ4n) is 4.89. The number of halogens is 1. The molecule has 0 spiro atoms. The van der Waals surface area contributed by atoms with Crippen molar-refractivity contribution in [2.24, 2.45) is 11.8 Å². The van der Waals surface area contributed by atoms with E-state index >= 15 is 0 Å². The lowest BCUT2D eigenvalue weighted by Crippen LogP contribution is -2.43. The summed E-state index contributed by atoms with van der Waals surface area (Å²) in [4.78, 5) is 42.4. The Morgan fingerprint density at radius 3 is 2.39 bits per heavy atom. The molecule has 5 rings (SSSR count). The smallest absolute Gasteiger partial charge is 0.240 e. The minimum absolute atomic E-state index is 0.122. The van der Waals surface area contributed by atoms with Crippen molar-refractivity contribution in [3.05, 3.63) is 70.9 Å². The number of amides is 2. The van der Waals surface area contributed by atoms with Gasteiger partial charge in [0.15, 0.2) is 5.78 Å². The molecule has 2 aromatic carbocycles. The van der Waals surface area contributed by atoms with Gasteiger partial charge >= 0.3 is 0 Å². The maximum Gasteiger partial charge on any atom is 0.240 e. The highest BCUT2D eigenvalue weighted by Gasteiger charge is 2.64. The van der Waals surface area contributed by atoms with Gasteiger partial charge in [-0.2, -0.15) is 0 Å². The minimum atomic E-state index is -0.720. The van der Waals surface area contributed by atoms with Gasteiger partial charge in [-0.3, -0.25) is 14.4 Å². The predicted octanol–water partition coefficient (Wildman–Crippen LogP) is 3.44. The number of hydrogen-bond donors (Lipinski definition) is 0. The maximum absolute atomic E-state index is 13.5. The first-order chi connectivity index (χ1) is 13.5. The summed E-state index contributed by atoms with van der Waals surface area (Å²) in [6, 6.07) is 13.6. The number of anilines is 1. The van der Waals surface area contributed by atoms with Crippen LogP contribution in [-0.4, -0.2) is 28.5 Å². The molecule has 140 valence electrons. The van der Waals surface area contributed by atoms with Gasteiger partial charge in [0.1, 0.15) is 0 Å². The first kappa shape index (κ1) is 17.2. The molecule has 28 heavy (non-hydrogen) atoms. The molecule has 5 nitrogen and oxygen atoms in total. The van der Waals surface area contributed by atoms with Crippen molar-refractivity contribution in [3.63, 3.8) is 0 Å². The number of fused-ring (bicyclic) bond motifs is 5. The van der Waals surface area contributed by atoms with Gasteiger partial charge in [-0.05, 0) is 36.3 Å². The van der Waals surface area contributed by atoms with Gasteiger partial charge in [0.2, 0.25) is 11.8 Å². The number of Topliss-reactive ketones (excluding diaryl/α,β-unsaturated/α-hetero) is 1. The zero-order chi connectivity index (χ0) is 19.6. The van der Waals surface area contributed by atoms with Crippen LogP contribution >= 0.6 is 11.6 Å². The lowest BCUT2D eigenvalue weighted by Gasteiger charge is -2.35. The van der Waals surface area contributed by atoms with E-state index in [4.69, 9.17) is 11.6 Å². The number of carbonyl (C=O) groups excluding carboxylic acids is 3. The summed E-state index contributed by atoms with van der Waals surface area (Å²) in [6.45, 7) is 1.48. The summed E-state index contributed by atoms with van der Waals surface area (Å²) in [7, 11) is 0. The standard InChI is InChI=1S/C22H17ClN2O3/c1-12(26)19-17-18(20-14-7-3-2-6-13(14)10-11-24(19)20)22(28)25(21(17)27)16-9-5-4-8-15(16)23/h2-11,17-20H,1H3/t17-,18+,19+,20-/m1/s1. The molecule has 0 unspecified atom stereocenters. The number of rotatable bonds is 2.